The van der Waals surface area contributed by atoms with Crippen molar-refractivity contribution in [3.63, 3.8) is 0 Å². The number of fused-ring (bicyclic) bond motifs is 1. The largest absolute Gasteiger partial charge is 0.368 e. The fourth-order valence-corrected chi connectivity index (χ4v) is 3.19. The molecule has 106 valence electrons. The van der Waals surface area contributed by atoms with Crippen LogP contribution in [0.25, 0.3) is 0 Å². The number of piperidine rings is 1. The highest BCUT2D eigenvalue weighted by Gasteiger charge is 2.34. The maximum atomic E-state index is 11.8. The van der Waals surface area contributed by atoms with E-state index in [-0.39, 0.29) is 0 Å². The zero-order chi connectivity index (χ0) is 14.4. The molecule has 3 rings (SSSR count). The summed E-state index contributed by atoms with van der Waals surface area (Å²) in [6.07, 6.45) is 2.45. The lowest BCUT2D eigenvalue weighted by molar-refractivity contribution is -0.114. The Morgan fingerprint density at radius 2 is 1.90 bits per heavy atom. The number of hydrogen-bond donors (Lipinski definition) is 0. The molecule has 1 aromatic carbocycles. The molecule has 20 heavy (non-hydrogen) atoms. The lowest BCUT2D eigenvalue weighted by atomic mass is 9.94. The second-order valence-corrected chi connectivity index (χ2v) is 6.08. The molecule has 0 bridgehead atoms. The van der Waals surface area contributed by atoms with Gasteiger partial charge in [0.2, 0.25) is 0 Å². The van der Waals surface area contributed by atoms with Crippen LogP contribution in [-0.4, -0.2) is 31.3 Å². The standard InChI is InChI=1S/C16H20N2O2/c1-10-4-5-11(2)18(9-10)12-6-7-13-14(8-12)17(3)16(20)15(13)19/h6-8,10-11H,4-5,9H2,1-3H3. The Hall–Kier alpha value is -1.84. The number of rotatable bonds is 1. The van der Waals surface area contributed by atoms with Gasteiger partial charge in [0.05, 0.1) is 11.3 Å². The molecule has 1 saturated heterocycles. The average molecular weight is 272 g/mol. The van der Waals surface area contributed by atoms with Crippen LogP contribution in [0.15, 0.2) is 18.2 Å². The summed E-state index contributed by atoms with van der Waals surface area (Å²) in [4.78, 5) is 27.4. The van der Waals surface area contributed by atoms with E-state index in [1.807, 2.05) is 12.1 Å². The van der Waals surface area contributed by atoms with Gasteiger partial charge in [-0.05, 0) is 43.9 Å². The monoisotopic (exact) mass is 272 g/mol. The van der Waals surface area contributed by atoms with Gasteiger partial charge in [-0.3, -0.25) is 9.59 Å². The summed E-state index contributed by atoms with van der Waals surface area (Å²) in [6, 6.07) is 6.24. The first-order valence-electron chi connectivity index (χ1n) is 7.22. The number of likely N-dealkylation sites (N-methyl/N-ethyl adjacent to an activating group) is 1. The van der Waals surface area contributed by atoms with Gasteiger partial charge in [0.25, 0.3) is 11.7 Å². The summed E-state index contributed by atoms with van der Waals surface area (Å²) in [5.74, 6) is -0.147. The van der Waals surface area contributed by atoms with Crippen molar-refractivity contribution < 1.29 is 9.59 Å². The molecule has 0 aliphatic carbocycles. The Labute approximate surface area is 119 Å². The minimum atomic E-state index is -0.433. The second kappa shape index (κ2) is 4.62. The van der Waals surface area contributed by atoms with Crippen LogP contribution in [0.3, 0.4) is 0 Å². The van der Waals surface area contributed by atoms with E-state index in [0.717, 1.165) is 17.9 Å². The second-order valence-electron chi connectivity index (χ2n) is 6.08. The zero-order valence-electron chi connectivity index (χ0n) is 12.2. The van der Waals surface area contributed by atoms with E-state index in [0.29, 0.717) is 17.5 Å². The smallest absolute Gasteiger partial charge is 0.299 e. The summed E-state index contributed by atoms with van der Waals surface area (Å²) in [6.45, 7) is 5.54. The first-order chi connectivity index (χ1) is 9.49. The molecule has 1 fully saturated rings. The number of ketones is 1. The highest BCUT2D eigenvalue weighted by atomic mass is 16.2. The molecule has 4 heteroatoms. The summed E-state index contributed by atoms with van der Waals surface area (Å²) in [7, 11) is 1.66. The molecule has 0 radical (unpaired) electrons. The number of benzene rings is 1. The predicted octanol–water partition coefficient (Wildman–Crippen LogP) is 2.47. The first kappa shape index (κ1) is 13.2. The van der Waals surface area contributed by atoms with Gasteiger partial charge in [0, 0.05) is 25.3 Å². The maximum Gasteiger partial charge on any atom is 0.299 e. The molecule has 2 unspecified atom stereocenters. The van der Waals surface area contributed by atoms with Crippen molar-refractivity contribution >= 4 is 23.1 Å². The lowest BCUT2D eigenvalue weighted by Crippen LogP contribution is -2.41. The van der Waals surface area contributed by atoms with E-state index < -0.39 is 11.7 Å². The molecule has 2 aliphatic rings. The molecular weight excluding hydrogens is 252 g/mol. The Morgan fingerprint density at radius 3 is 2.65 bits per heavy atom. The van der Waals surface area contributed by atoms with E-state index in [9.17, 15) is 9.59 Å². The Kier molecular flexibility index (Phi) is 3.04. The van der Waals surface area contributed by atoms with Gasteiger partial charge >= 0.3 is 0 Å². The van der Waals surface area contributed by atoms with Crippen molar-refractivity contribution in [1.82, 2.24) is 0 Å². The summed E-state index contributed by atoms with van der Waals surface area (Å²) in [5, 5.41) is 0. The Balaban J connectivity index is 1.97. The van der Waals surface area contributed by atoms with Crippen molar-refractivity contribution in [2.45, 2.75) is 32.7 Å². The molecular formula is C16H20N2O2. The topological polar surface area (TPSA) is 40.6 Å². The molecule has 0 aromatic heterocycles. The summed E-state index contributed by atoms with van der Waals surface area (Å²) < 4.78 is 0. The van der Waals surface area contributed by atoms with Crippen LogP contribution >= 0.6 is 0 Å². The van der Waals surface area contributed by atoms with Crippen molar-refractivity contribution in [2.75, 3.05) is 23.4 Å². The molecule has 2 heterocycles. The van der Waals surface area contributed by atoms with Crippen LogP contribution in [-0.2, 0) is 4.79 Å². The third-order valence-electron chi connectivity index (χ3n) is 4.54. The van der Waals surface area contributed by atoms with Gasteiger partial charge in [0.1, 0.15) is 0 Å². The van der Waals surface area contributed by atoms with Crippen LogP contribution in [0, 0.1) is 5.92 Å². The number of hydrogen-bond acceptors (Lipinski definition) is 3. The minimum absolute atomic E-state index is 0.394. The van der Waals surface area contributed by atoms with Crippen molar-refractivity contribution in [1.29, 1.82) is 0 Å². The fraction of sp³-hybridized carbons (Fsp3) is 0.500. The number of amides is 1. The fourth-order valence-electron chi connectivity index (χ4n) is 3.19. The van der Waals surface area contributed by atoms with E-state index in [2.05, 4.69) is 18.7 Å². The maximum absolute atomic E-state index is 11.8. The molecule has 1 aromatic rings. The van der Waals surface area contributed by atoms with Gasteiger partial charge < -0.3 is 9.80 Å². The molecule has 4 nitrogen and oxygen atoms in total. The van der Waals surface area contributed by atoms with Gasteiger partial charge in [-0.1, -0.05) is 6.92 Å². The Morgan fingerprint density at radius 1 is 1.15 bits per heavy atom. The summed E-state index contributed by atoms with van der Waals surface area (Å²) >= 11 is 0. The molecule has 2 aliphatic heterocycles. The normalized spacial score (nSPS) is 26.1. The van der Waals surface area contributed by atoms with Gasteiger partial charge in [-0.15, -0.1) is 0 Å². The molecule has 2 atom stereocenters. The number of nitrogens with zero attached hydrogens (tertiary/aromatic N) is 2. The molecule has 0 spiro atoms. The highest BCUT2D eigenvalue weighted by Crippen LogP contribution is 2.34. The quantitative estimate of drug-likeness (QED) is 0.737. The van der Waals surface area contributed by atoms with Gasteiger partial charge in [-0.25, -0.2) is 0 Å². The number of carbonyl (C=O) groups is 2. The van der Waals surface area contributed by atoms with Crippen LogP contribution < -0.4 is 9.80 Å². The van der Waals surface area contributed by atoms with Crippen LogP contribution in [0.5, 0.6) is 0 Å². The zero-order valence-corrected chi connectivity index (χ0v) is 12.2. The summed E-state index contributed by atoms with van der Waals surface area (Å²) in [5.41, 5.74) is 2.37. The third-order valence-corrected chi connectivity index (χ3v) is 4.54. The highest BCUT2D eigenvalue weighted by molar-refractivity contribution is 6.52. The lowest BCUT2D eigenvalue weighted by Gasteiger charge is -2.38. The molecule has 0 N–H and O–H groups in total. The van der Waals surface area contributed by atoms with Gasteiger partial charge in [0.15, 0.2) is 0 Å². The first-order valence-corrected chi connectivity index (χ1v) is 7.22. The van der Waals surface area contributed by atoms with Crippen molar-refractivity contribution in [3.8, 4) is 0 Å². The van der Waals surface area contributed by atoms with Crippen molar-refractivity contribution in [2.24, 2.45) is 5.92 Å². The number of carbonyl (C=O) groups excluding carboxylic acids is 2. The minimum Gasteiger partial charge on any atom is -0.368 e. The number of Topliss-reactive ketones (excluding diaryl/α,β-unsaturated/α-hetero) is 1. The molecule has 1 amide bonds. The number of anilines is 2. The van der Waals surface area contributed by atoms with Gasteiger partial charge in [-0.2, -0.15) is 0 Å². The van der Waals surface area contributed by atoms with E-state index in [1.54, 1.807) is 13.1 Å². The Bertz CT molecular complexity index is 582. The average Bonchev–Trinajstić information content (AvgIpc) is 2.66. The van der Waals surface area contributed by atoms with Crippen LogP contribution in [0.2, 0.25) is 0 Å². The van der Waals surface area contributed by atoms with Crippen molar-refractivity contribution in [3.05, 3.63) is 23.8 Å². The molecule has 0 saturated carbocycles. The van der Waals surface area contributed by atoms with Crippen LogP contribution in [0.1, 0.15) is 37.0 Å². The van der Waals surface area contributed by atoms with E-state index in [1.165, 1.54) is 17.7 Å². The van der Waals surface area contributed by atoms with Crippen LogP contribution in [0.4, 0.5) is 11.4 Å². The SMILES string of the molecule is CC1CCC(C)N(c2ccc3c(c2)N(C)C(=O)C3=O)C1. The third kappa shape index (κ3) is 1.90. The predicted molar refractivity (Wildman–Crippen MR) is 79.4 cm³/mol. The van der Waals surface area contributed by atoms with E-state index in [4.69, 9.17) is 0 Å². The van der Waals surface area contributed by atoms with E-state index >= 15 is 0 Å².